The molecule has 3 rings (SSSR count). The Bertz CT molecular complexity index is 864. The van der Waals surface area contributed by atoms with Crippen LogP contribution in [0.3, 0.4) is 0 Å². The van der Waals surface area contributed by atoms with Gasteiger partial charge in [-0.1, -0.05) is 29.3 Å². The van der Waals surface area contributed by atoms with Gasteiger partial charge in [0.15, 0.2) is 0 Å². The van der Waals surface area contributed by atoms with Crippen molar-refractivity contribution in [3.8, 4) is 0 Å². The minimum absolute atomic E-state index is 0.234. The van der Waals surface area contributed by atoms with E-state index in [-0.39, 0.29) is 5.75 Å². The highest BCUT2D eigenvalue weighted by molar-refractivity contribution is 7.99. The third kappa shape index (κ3) is 4.95. The zero-order valence-electron chi connectivity index (χ0n) is 14.4. The largest absolute Gasteiger partial charge is 0.338 e. The normalized spacial score (nSPS) is 21.9. The molecule has 0 aliphatic carbocycles. The minimum Gasteiger partial charge on any atom is -0.338 e. The molecule has 1 saturated heterocycles. The van der Waals surface area contributed by atoms with Gasteiger partial charge in [-0.3, -0.25) is 14.9 Å². The average Bonchev–Trinajstić information content (AvgIpc) is 2.64. The van der Waals surface area contributed by atoms with Crippen LogP contribution in [0.4, 0.5) is 4.39 Å². The van der Waals surface area contributed by atoms with Crippen molar-refractivity contribution < 1.29 is 14.0 Å². The van der Waals surface area contributed by atoms with Crippen LogP contribution in [0.2, 0.25) is 10.0 Å². The smallest absolute Gasteiger partial charge is 0.252 e. The molecule has 5 N–H and O–H groups in total. The molecule has 1 aliphatic rings. The molecule has 10 heteroatoms. The van der Waals surface area contributed by atoms with Crippen molar-refractivity contribution >= 4 is 46.8 Å². The van der Waals surface area contributed by atoms with Gasteiger partial charge >= 0.3 is 0 Å². The average molecular weight is 443 g/mol. The van der Waals surface area contributed by atoms with Crippen molar-refractivity contribution in [3.63, 3.8) is 0 Å². The summed E-state index contributed by atoms with van der Waals surface area (Å²) in [7, 11) is 0. The van der Waals surface area contributed by atoms with Gasteiger partial charge in [-0.2, -0.15) is 0 Å². The van der Waals surface area contributed by atoms with Gasteiger partial charge < -0.3 is 16.4 Å². The van der Waals surface area contributed by atoms with Crippen LogP contribution in [0.5, 0.6) is 0 Å². The number of carbonyl (C=O) groups is 2. The Morgan fingerprint density at radius 1 is 1.21 bits per heavy atom. The summed E-state index contributed by atoms with van der Waals surface area (Å²) in [6.45, 7) is 0. The van der Waals surface area contributed by atoms with Gasteiger partial charge in [0.05, 0.1) is 6.17 Å². The molecule has 6 nitrogen and oxygen atoms in total. The van der Waals surface area contributed by atoms with E-state index in [1.165, 1.54) is 23.9 Å². The van der Waals surface area contributed by atoms with E-state index in [1.807, 2.05) is 0 Å². The predicted molar refractivity (Wildman–Crippen MR) is 108 cm³/mol. The Kier molecular flexibility index (Phi) is 6.79. The second-order valence-corrected chi connectivity index (χ2v) is 7.99. The van der Waals surface area contributed by atoms with Crippen molar-refractivity contribution in [2.24, 2.45) is 5.73 Å². The molecule has 3 unspecified atom stereocenters. The minimum atomic E-state index is -0.961. The number of rotatable bonds is 5. The van der Waals surface area contributed by atoms with Crippen molar-refractivity contribution in [2.75, 3.05) is 0 Å². The standard InChI is InChI=1S/C18H17Cl2FN4O2S/c19-10-6-4-9(5-7-10)16(26)23-14-15(22)24-18(25-17(14)27)28-8-11-12(20)2-1-3-13(11)21/h1-7,14-15,18,24H,8,22H2,(H,23,26)(H,25,27). The fourth-order valence-electron chi connectivity index (χ4n) is 2.60. The molecule has 0 spiro atoms. The third-order valence-electron chi connectivity index (χ3n) is 4.11. The van der Waals surface area contributed by atoms with Crippen LogP contribution >= 0.6 is 35.0 Å². The molecular weight excluding hydrogens is 426 g/mol. The van der Waals surface area contributed by atoms with Crippen molar-refractivity contribution in [1.29, 1.82) is 0 Å². The summed E-state index contributed by atoms with van der Waals surface area (Å²) in [5.41, 5.74) is 6.16. The maximum atomic E-state index is 13.9. The lowest BCUT2D eigenvalue weighted by Crippen LogP contribution is -2.70. The van der Waals surface area contributed by atoms with Gasteiger partial charge in [0.1, 0.15) is 17.4 Å². The summed E-state index contributed by atoms with van der Waals surface area (Å²) in [6, 6.07) is 9.74. The quantitative estimate of drug-likeness (QED) is 0.570. The molecule has 2 aromatic rings. The summed E-state index contributed by atoms with van der Waals surface area (Å²) in [5.74, 6) is -1.07. The molecular formula is C18H17Cl2FN4O2S. The van der Waals surface area contributed by atoms with Gasteiger partial charge in [-0.15, -0.1) is 11.8 Å². The van der Waals surface area contributed by atoms with Gasteiger partial charge in [0.2, 0.25) is 5.91 Å². The van der Waals surface area contributed by atoms with Crippen LogP contribution in [-0.2, 0) is 10.5 Å². The van der Waals surface area contributed by atoms with Crippen molar-refractivity contribution in [3.05, 3.63) is 69.5 Å². The van der Waals surface area contributed by atoms with Crippen molar-refractivity contribution in [1.82, 2.24) is 16.0 Å². The number of thioether (sulfide) groups is 1. The van der Waals surface area contributed by atoms with Crippen LogP contribution in [0, 0.1) is 5.82 Å². The summed E-state index contributed by atoms with van der Waals surface area (Å²) >= 11 is 13.0. The highest BCUT2D eigenvalue weighted by Gasteiger charge is 2.35. The maximum Gasteiger partial charge on any atom is 0.252 e. The van der Waals surface area contributed by atoms with E-state index in [4.69, 9.17) is 28.9 Å². The number of nitrogens with one attached hydrogen (secondary N) is 3. The zero-order valence-corrected chi connectivity index (χ0v) is 16.7. The second kappa shape index (κ2) is 9.11. The van der Waals surface area contributed by atoms with Crippen LogP contribution < -0.4 is 21.7 Å². The Morgan fingerprint density at radius 3 is 2.57 bits per heavy atom. The number of amides is 2. The summed E-state index contributed by atoms with van der Waals surface area (Å²) in [6.07, 6.45) is -0.821. The van der Waals surface area contributed by atoms with E-state index in [2.05, 4.69) is 16.0 Å². The summed E-state index contributed by atoms with van der Waals surface area (Å²) in [4.78, 5) is 24.7. The second-order valence-electron chi connectivity index (χ2n) is 6.05. The third-order valence-corrected chi connectivity index (χ3v) is 5.76. The SMILES string of the molecule is NC1NC(SCc2c(F)cccc2Cl)NC(=O)C1NC(=O)c1ccc(Cl)cc1. The van der Waals surface area contributed by atoms with Gasteiger partial charge in [-0.05, 0) is 36.4 Å². The summed E-state index contributed by atoms with van der Waals surface area (Å²) in [5, 5.41) is 9.09. The van der Waals surface area contributed by atoms with Crippen LogP contribution in [0.25, 0.3) is 0 Å². The molecule has 0 bridgehead atoms. The number of hydrogen-bond acceptors (Lipinski definition) is 5. The topological polar surface area (TPSA) is 96.2 Å². The Balaban J connectivity index is 1.58. The molecule has 1 fully saturated rings. The monoisotopic (exact) mass is 442 g/mol. The summed E-state index contributed by atoms with van der Waals surface area (Å²) < 4.78 is 13.9. The van der Waals surface area contributed by atoms with Gasteiger partial charge in [0, 0.05) is 26.9 Å². The fourth-order valence-corrected chi connectivity index (χ4v) is 4.12. The predicted octanol–water partition coefficient (Wildman–Crippen LogP) is 2.45. The van der Waals surface area contributed by atoms with Crippen LogP contribution in [-0.4, -0.2) is 29.5 Å². The van der Waals surface area contributed by atoms with Crippen LogP contribution in [0.1, 0.15) is 15.9 Å². The molecule has 148 valence electrons. The molecule has 2 aromatic carbocycles. The first-order valence-electron chi connectivity index (χ1n) is 8.28. The van der Waals surface area contributed by atoms with Crippen LogP contribution in [0.15, 0.2) is 42.5 Å². The van der Waals surface area contributed by atoms with Gasteiger partial charge in [-0.25, -0.2) is 4.39 Å². The van der Waals surface area contributed by atoms with Crippen molar-refractivity contribution in [2.45, 2.75) is 23.5 Å². The molecule has 0 saturated carbocycles. The first kappa shape index (κ1) is 20.9. The van der Waals surface area contributed by atoms with Gasteiger partial charge in [0.25, 0.3) is 5.91 Å². The molecule has 1 aliphatic heterocycles. The van der Waals surface area contributed by atoms with E-state index in [0.717, 1.165) is 0 Å². The maximum absolute atomic E-state index is 13.9. The Morgan fingerprint density at radius 2 is 1.93 bits per heavy atom. The van der Waals surface area contributed by atoms with E-state index in [0.29, 0.717) is 21.2 Å². The first-order valence-corrected chi connectivity index (χ1v) is 10.1. The Hall–Kier alpha value is -1.84. The molecule has 28 heavy (non-hydrogen) atoms. The molecule has 2 amide bonds. The van der Waals surface area contributed by atoms with E-state index >= 15 is 0 Å². The molecule has 3 atom stereocenters. The molecule has 0 aromatic heterocycles. The Labute approximate surface area is 175 Å². The van der Waals surface area contributed by atoms with E-state index in [9.17, 15) is 14.0 Å². The highest BCUT2D eigenvalue weighted by atomic mass is 35.5. The molecule has 1 heterocycles. The number of hydrogen-bond donors (Lipinski definition) is 4. The fraction of sp³-hybridized carbons (Fsp3) is 0.222. The zero-order chi connectivity index (χ0) is 20.3. The molecule has 0 radical (unpaired) electrons. The number of carbonyl (C=O) groups excluding carboxylic acids is 2. The number of benzene rings is 2. The number of nitrogens with two attached hydrogens (primary N) is 1. The lowest BCUT2D eigenvalue weighted by molar-refractivity contribution is -0.125. The lowest BCUT2D eigenvalue weighted by Gasteiger charge is -2.35. The van der Waals surface area contributed by atoms with E-state index < -0.39 is 35.3 Å². The lowest BCUT2D eigenvalue weighted by atomic mass is 10.1. The first-order chi connectivity index (χ1) is 13.3. The number of halogens is 3. The highest BCUT2D eigenvalue weighted by Crippen LogP contribution is 2.25. The van der Waals surface area contributed by atoms with E-state index in [1.54, 1.807) is 30.3 Å².